The molecule has 1 heterocycles. The van der Waals surface area contributed by atoms with Gasteiger partial charge in [0, 0.05) is 25.2 Å². The molecule has 2 aromatic carbocycles. The fourth-order valence-electron chi connectivity index (χ4n) is 3.42. The Morgan fingerprint density at radius 2 is 1.73 bits per heavy atom. The average molecular weight is 487 g/mol. The van der Waals surface area contributed by atoms with E-state index in [-0.39, 0.29) is 34.6 Å². The summed E-state index contributed by atoms with van der Waals surface area (Å²) in [7, 11) is 1.77. The molecule has 0 saturated heterocycles. The van der Waals surface area contributed by atoms with Gasteiger partial charge in [-0.1, -0.05) is 48.0 Å². The van der Waals surface area contributed by atoms with Gasteiger partial charge in [-0.3, -0.25) is 19.1 Å². The first-order valence-corrected chi connectivity index (χ1v) is 12.1. The van der Waals surface area contributed by atoms with E-state index in [1.54, 1.807) is 29.6 Å². The fourth-order valence-corrected chi connectivity index (χ4v) is 4.33. The maximum Gasteiger partial charge on any atom is 0.295 e. The Morgan fingerprint density at radius 1 is 1.06 bits per heavy atom. The number of benzene rings is 2. The minimum atomic E-state index is -0.326. The summed E-state index contributed by atoms with van der Waals surface area (Å²) in [6.45, 7) is 4.64. The molecule has 7 nitrogen and oxygen atoms in total. The largest absolute Gasteiger partial charge is 0.338 e. The van der Waals surface area contributed by atoms with Gasteiger partial charge in [0.15, 0.2) is 0 Å². The Balaban J connectivity index is 1.58. The number of hydrogen-bond donors (Lipinski definition) is 1. The summed E-state index contributed by atoms with van der Waals surface area (Å²) in [6, 6.07) is 16.7. The highest BCUT2D eigenvalue weighted by atomic mass is 35.5. The van der Waals surface area contributed by atoms with Crippen LogP contribution in [-0.4, -0.2) is 44.1 Å². The van der Waals surface area contributed by atoms with Crippen molar-refractivity contribution >= 4 is 40.9 Å². The molecular weight excluding hydrogens is 460 g/mol. The highest BCUT2D eigenvalue weighted by Crippen LogP contribution is 2.18. The number of halogens is 1. The molecule has 174 valence electrons. The van der Waals surface area contributed by atoms with Crippen LogP contribution in [0.4, 0.5) is 5.69 Å². The minimum Gasteiger partial charge on any atom is -0.338 e. The van der Waals surface area contributed by atoms with Gasteiger partial charge in [-0.15, -0.1) is 11.8 Å². The normalized spacial score (nSPS) is 10.8. The van der Waals surface area contributed by atoms with E-state index in [4.69, 9.17) is 11.6 Å². The SMILES string of the molecule is CCN(Cc1ccccc1Cl)C(=O)CSCC(=O)Nc1c(C)n(C)n(-c2ccccc2)c1=O. The van der Waals surface area contributed by atoms with E-state index < -0.39 is 0 Å². The number of anilines is 1. The molecule has 0 fully saturated rings. The van der Waals surface area contributed by atoms with Crippen LogP contribution in [0.3, 0.4) is 0 Å². The van der Waals surface area contributed by atoms with Crippen LogP contribution in [0.5, 0.6) is 0 Å². The zero-order chi connectivity index (χ0) is 24.0. The van der Waals surface area contributed by atoms with E-state index in [9.17, 15) is 14.4 Å². The predicted octanol–water partition coefficient (Wildman–Crippen LogP) is 3.86. The number of carbonyl (C=O) groups excluding carboxylic acids is 2. The van der Waals surface area contributed by atoms with E-state index in [1.165, 1.54) is 16.4 Å². The maximum atomic E-state index is 12.9. The van der Waals surface area contributed by atoms with Crippen LogP contribution in [-0.2, 0) is 23.2 Å². The van der Waals surface area contributed by atoms with Crippen LogP contribution in [0.2, 0.25) is 5.02 Å². The lowest BCUT2D eigenvalue weighted by Gasteiger charge is -2.21. The molecule has 0 unspecified atom stereocenters. The molecule has 33 heavy (non-hydrogen) atoms. The summed E-state index contributed by atoms with van der Waals surface area (Å²) in [5.74, 6) is -0.173. The molecule has 0 atom stereocenters. The molecule has 1 aromatic heterocycles. The molecule has 0 radical (unpaired) electrons. The van der Waals surface area contributed by atoms with Crippen molar-refractivity contribution in [2.24, 2.45) is 7.05 Å². The van der Waals surface area contributed by atoms with E-state index in [0.29, 0.717) is 29.5 Å². The molecular formula is C24H27ClN4O3S. The molecule has 0 spiro atoms. The summed E-state index contributed by atoms with van der Waals surface area (Å²) in [5, 5.41) is 3.34. The number of amides is 2. The number of rotatable bonds is 9. The summed E-state index contributed by atoms with van der Waals surface area (Å²) >= 11 is 7.42. The Morgan fingerprint density at radius 3 is 2.39 bits per heavy atom. The molecule has 3 rings (SSSR count). The van der Waals surface area contributed by atoms with Crippen molar-refractivity contribution in [3.63, 3.8) is 0 Å². The molecule has 0 saturated carbocycles. The van der Waals surface area contributed by atoms with Crippen LogP contribution >= 0.6 is 23.4 Å². The molecule has 0 bridgehead atoms. The number of hydrogen-bond acceptors (Lipinski definition) is 4. The van der Waals surface area contributed by atoms with Gasteiger partial charge in [0.2, 0.25) is 11.8 Å². The van der Waals surface area contributed by atoms with Crippen molar-refractivity contribution in [1.82, 2.24) is 14.3 Å². The zero-order valence-corrected chi connectivity index (χ0v) is 20.4. The zero-order valence-electron chi connectivity index (χ0n) is 18.9. The summed E-state index contributed by atoms with van der Waals surface area (Å²) in [6.07, 6.45) is 0. The van der Waals surface area contributed by atoms with Crippen molar-refractivity contribution in [1.29, 1.82) is 0 Å². The molecule has 0 aliphatic carbocycles. The van der Waals surface area contributed by atoms with Gasteiger partial charge in [-0.25, -0.2) is 4.68 Å². The van der Waals surface area contributed by atoms with Crippen LogP contribution < -0.4 is 10.9 Å². The molecule has 0 aliphatic rings. The third kappa shape index (κ3) is 5.89. The third-order valence-corrected chi connectivity index (χ3v) is 6.62. The van der Waals surface area contributed by atoms with Crippen LogP contribution in [0.25, 0.3) is 5.69 Å². The van der Waals surface area contributed by atoms with Crippen molar-refractivity contribution in [2.75, 3.05) is 23.4 Å². The molecule has 0 aliphatic heterocycles. The highest BCUT2D eigenvalue weighted by Gasteiger charge is 2.19. The third-order valence-electron chi connectivity index (χ3n) is 5.33. The number of nitrogens with zero attached hydrogens (tertiary/aromatic N) is 3. The predicted molar refractivity (Wildman–Crippen MR) is 134 cm³/mol. The van der Waals surface area contributed by atoms with Crippen LogP contribution in [0.1, 0.15) is 18.2 Å². The number of nitrogens with one attached hydrogen (secondary N) is 1. The van der Waals surface area contributed by atoms with Gasteiger partial charge >= 0.3 is 0 Å². The van der Waals surface area contributed by atoms with Crippen LogP contribution in [0.15, 0.2) is 59.4 Å². The molecule has 1 N–H and O–H groups in total. The Kier molecular flexibility index (Phi) is 8.41. The summed E-state index contributed by atoms with van der Waals surface area (Å²) in [4.78, 5) is 39.7. The Hall–Kier alpha value is -2.97. The van der Waals surface area contributed by atoms with Crippen molar-refractivity contribution in [3.05, 3.63) is 81.2 Å². The first-order valence-electron chi connectivity index (χ1n) is 10.6. The standard InChI is InChI=1S/C24H27ClN4O3S/c1-4-28(14-18-10-8-9-13-20(18)25)22(31)16-33-15-21(30)26-23-17(2)27(3)29(24(23)32)19-11-6-5-7-12-19/h5-13H,4,14-16H2,1-3H3,(H,26,30). The number of thioether (sulfide) groups is 1. The number of carbonyl (C=O) groups is 2. The lowest BCUT2D eigenvalue weighted by Crippen LogP contribution is -2.32. The molecule has 9 heteroatoms. The lowest BCUT2D eigenvalue weighted by atomic mass is 10.2. The van der Waals surface area contributed by atoms with E-state index >= 15 is 0 Å². The quantitative estimate of drug-likeness (QED) is 0.498. The summed E-state index contributed by atoms with van der Waals surface area (Å²) < 4.78 is 3.22. The first kappa shape index (κ1) is 24.7. The van der Waals surface area contributed by atoms with E-state index in [0.717, 1.165) is 5.56 Å². The maximum absolute atomic E-state index is 12.9. The van der Waals surface area contributed by atoms with Gasteiger partial charge in [0.05, 0.1) is 22.9 Å². The number of aromatic nitrogens is 2. The van der Waals surface area contributed by atoms with Crippen molar-refractivity contribution < 1.29 is 9.59 Å². The van der Waals surface area contributed by atoms with Gasteiger partial charge in [-0.05, 0) is 37.6 Å². The fraction of sp³-hybridized carbons (Fsp3) is 0.292. The van der Waals surface area contributed by atoms with Gasteiger partial charge < -0.3 is 10.2 Å². The Labute approximate surface area is 202 Å². The second-order valence-corrected chi connectivity index (χ2v) is 8.87. The lowest BCUT2D eigenvalue weighted by molar-refractivity contribution is -0.128. The van der Waals surface area contributed by atoms with E-state index in [1.807, 2.05) is 55.5 Å². The van der Waals surface area contributed by atoms with E-state index in [2.05, 4.69) is 5.32 Å². The monoisotopic (exact) mass is 486 g/mol. The minimum absolute atomic E-state index is 0.0640. The van der Waals surface area contributed by atoms with Gasteiger partial charge in [-0.2, -0.15) is 0 Å². The second kappa shape index (κ2) is 11.2. The highest BCUT2D eigenvalue weighted by molar-refractivity contribution is 8.00. The van der Waals surface area contributed by atoms with Crippen molar-refractivity contribution in [2.45, 2.75) is 20.4 Å². The molecule has 2 amide bonds. The van der Waals surface area contributed by atoms with Gasteiger partial charge in [0.1, 0.15) is 5.69 Å². The van der Waals surface area contributed by atoms with Gasteiger partial charge in [0.25, 0.3) is 5.56 Å². The first-order chi connectivity index (χ1) is 15.8. The number of para-hydroxylation sites is 1. The summed E-state index contributed by atoms with van der Waals surface area (Å²) in [5.41, 5.74) is 2.19. The average Bonchev–Trinajstić information content (AvgIpc) is 3.02. The topological polar surface area (TPSA) is 76.3 Å². The van der Waals surface area contributed by atoms with Crippen LogP contribution in [0, 0.1) is 6.92 Å². The Bertz CT molecular complexity index is 1190. The smallest absolute Gasteiger partial charge is 0.295 e. The van der Waals surface area contributed by atoms with Crippen molar-refractivity contribution in [3.8, 4) is 5.69 Å². The second-order valence-electron chi connectivity index (χ2n) is 7.48. The molecule has 3 aromatic rings.